The van der Waals surface area contributed by atoms with Crippen LogP contribution in [0.4, 0.5) is 0 Å². The number of para-hydroxylation sites is 1. The number of carbonyl (C=O) groups excluding carboxylic acids is 1. The van der Waals surface area contributed by atoms with Crippen LogP contribution in [0.15, 0.2) is 35.7 Å². The summed E-state index contributed by atoms with van der Waals surface area (Å²) in [6.07, 6.45) is 6.78. The lowest BCUT2D eigenvalue weighted by molar-refractivity contribution is -0.122. The van der Waals surface area contributed by atoms with E-state index in [9.17, 15) is 4.79 Å². The largest absolute Gasteiger partial charge is 0.306 e. The monoisotopic (exact) mass is 269 g/mol. The van der Waals surface area contributed by atoms with Gasteiger partial charge in [-0.2, -0.15) is 5.10 Å². The Morgan fingerprint density at radius 2 is 2.30 bits per heavy atom. The zero-order valence-electron chi connectivity index (χ0n) is 10.9. The topological polar surface area (TPSA) is 79.3 Å². The lowest BCUT2D eigenvalue weighted by Crippen LogP contribution is -2.38. The first-order valence-electron chi connectivity index (χ1n) is 6.60. The molecule has 20 heavy (non-hydrogen) atoms. The normalized spacial score (nSPS) is 18.7. The summed E-state index contributed by atoms with van der Waals surface area (Å²) >= 11 is 0. The van der Waals surface area contributed by atoms with Gasteiger partial charge in [-0.1, -0.05) is 12.1 Å². The molecule has 1 aliphatic heterocycles. The number of hydrogen-bond acceptors (Lipinski definition) is 5. The van der Waals surface area contributed by atoms with Crippen molar-refractivity contribution >= 4 is 23.2 Å². The molecule has 6 nitrogen and oxygen atoms in total. The summed E-state index contributed by atoms with van der Waals surface area (Å²) in [4.78, 5) is 20.3. The molecule has 2 aromatic rings. The van der Waals surface area contributed by atoms with E-state index in [1.54, 1.807) is 18.6 Å². The lowest BCUT2D eigenvalue weighted by Gasteiger charge is -2.06. The molecule has 0 radical (unpaired) electrons. The SMILES string of the molecule is O=C(NN=Cc1cccc2nccnc12)C1CCCN1. The van der Waals surface area contributed by atoms with Crippen LogP contribution in [-0.2, 0) is 4.79 Å². The van der Waals surface area contributed by atoms with Crippen molar-refractivity contribution in [3.8, 4) is 0 Å². The second kappa shape index (κ2) is 5.75. The number of hydrazone groups is 1. The molecule has 1 unspecified atom stereocenters. The number of hydrogen-bond donors (Lipinski definition) is 2. The van der Waals surface area contributed by atoms with E-state index in [2.05, 4.69) is 25.8 Å². The molecule has 1 amide bonds. The zero-order valence-corrected chi connectivity index (χ0v) is 10.9. The minimum atomic E-state index is -0.126. The van der Waals surface area contributed by atoms with E-state index in [-0.39, 0.29) is 11.9 Å². The number of aromatic nitrogens is 2. The third-order valence-electron chi connectivity index (χ3n) is 3.29. The van der Waals surface area contributed by atoms with Gasteiger partial charge in [0.1, 0.15) is 0 Å². The smallest absolute Gasteiger partial charge is 0.257 e. The van der Waals surface area contributed by atoms with Gasteiger partial charge in [-0.05, 0) is 25.5 Å². The van der Waals surface area contributed by atoms with Crippen LogP contribution in [0.1, 0.15) is 18.4 Å². The van der Waals surface area contributed by atoms with Crippen LogP contribution in [-0.4, -0.2) is 34.7 Å². The highest BCUT2D eigenvalue weighted by molar-refractivity contribution is 5.96. The molecule has 1 aromatic heterocycles. The van der Waals surface area contributed by atoms with Crippen molar-refractivity contribution in [3.63, 3.8) is 0 Å². The molecule has 0 saturated carbocycles. The third-order valence-corrected chi connectivity index (χ3v) is 3.29. The van der Waals surface area contributed by atoms with E-state index in [4.69, 9.17) is 0 Å². The van der Waals surface area contributed by atoms with Crippen molar-refractivity contribution in [1.82, 2.24) is 20.7 Å². The maximum Gasteiger partial charge on any atom is 0.257 e. The molecule has 1 atom stereocenters. The minimum Gasteiger partial charge on any atom is -0.306 e. The molecule has 0 spiro atoms. The van der Waals surface area contributed by atoms with Crippen molar-refractivity contribution in [2.24, 2.45) is 5.10 Å². The Hall–Kier alpha value is -2.34. The van der Waals surface area contributed by atoms with Crippen molar-refractivity contribution in [1.29, 1.82) is 0 Å². The number of nitrogens with zero attached hydrogens (tertiary/aromatic N) is 3. The van der Waals surface area contributed by atoms with Crippen LogP contribution in [0, 0.1) is 0 Å². The molecule has 2 heterocycles. The summed E-state index contributed by atoms with van der Waals surface area (Å²) in [6.45, 7) is 0.890. The summed E-state index contributed by atoms with van der Waals surface area (Å²) in [5, 5.41) is 7.13. The third kappa shape index (κ3) is 2.65. The van der Waals surface area contributed by atoms with Gasteiger partial charge in [0.15, 0.2) is 0 Å². The van der Waals surface area contributed by atoms with Gasteiger partial charge >= 0.3 is 0 Å². The molecule has 3 rings (SSSR count). The summed E-state index contributed by atoms with van der Waals surface area (Å²) in [6, 6.07) is 5.54. The molecule has 1 fully saturated rings. The Morgan fingerprint density at radius 3 is 3.15 bits per heavy atom. The number of nitrogens with one attached hydrogen (secondary N) is 2. The predicted octanol–water partition coefficient (Wildman–Crippen LogP) is 0.832. The summed E-state index contributed by atoms with van der Waals surface area (Å²) in [7, 11) is 0. The van der Waals surface area contributed by atoms with E-state index in [0.29, 0.717) is 0 Å². The fourth-order valence-electron chi connectivity index (χ4n) is 2.27. The number of benzene rings is 1. The second-order valence-electron chi connectivity index (χ2n) is 4.65. The summed E-state index contributed by atoms with van der Waals surface area (Å²) in [5.74, 6) is -0.0925. The maximum absolute atomic E-state index is 11.8. The van der Waals surface area contributed by atoms with Crippen LogP contribution in [0.5, 0.6) is 0 Å². The van der Waals surface area contributed by atoms with E-state index in [1.165, 1.54) is 0 Å². The maximum atomic E-state index is 11.8. The number of rotatable bonds is 3. The van der Waals surface area contributed by atoms with Crippen LogP contribution in [0.25, 0.3) is 11.0 Å². The van der Waals surface area contributed by atoms with Crippen molar-refractivity contribution in [2.75, 3.05) is 6.54 Å². The fourth-order valence-corrected chi connectivity index (χ4v) is 2.27. The number of fused-ring (bicyclic) bond motifs is 1. The van der Waals surface area contributed by atoms with E-state index in [1.807, 2.05) is 18.2 Å². The molecule has 1 aliphatic rings. The Balaban J connectivity index is 1.72. The first-order valence-corrected chi connectivity index (χ1v) is 6.60. The quantitative estimate of drug-likeness (QED) is 0.639. The highest BCUT2D eigenvalue weighted by Gasteiger charge is 2.21. The molecule has 1 aromatic carbocycles. The lowest BCUT2D eigenvalue weighted by atomic mass is 10.2. The van der Waals surface area contributed by atoms with Crippen LogP contribution < -0.4 is 10.7 Å². The summed E-state index contributed by atoms with van der Waals surface area (Å²) < 4.78 is 0. The van der Waals surface area contributed by atoms with Gasteiger partial charge in [0.05, 0.1) is 23.3 Å². The van der Waals surface area contributed by atoms with Crippen molar-refractivity contribution in [2.45, 2.75) is 18.9 Å². The second-order valence-corrected chi connectivity index (χ2v) is 4.65. The molecular formula is C14H15N5O. The number of amides is 1. The van der Waals surface area contributed by atoms with Crippen LogP contribution in [0.3, 0.4) is 0 Å². The summed E-state index contributed by atoms with van der Waals surface area (Å²) in [5.41, 5.74) is 4.96. The average Bonchev–Trinajstić information content (AvgIpc) is 3.02. The van der Waals surface area contributed by atoms with Crippen LogP contribution in [0.2, 0.25) is 0 Å². The predicted molar refractivity (Wildman–Crippen MR) is 76.3 cm³/mol. The highest BCUT2D eigenvalue weighted by atomic mass is 16.2. The molecule has 0 bridgehead atoms. The average molecular weight is 269 g/mol. The molecule has 6 heteroatoms. The van der Waals surface area contributed by atoms with Gasteiger partial charge in [0, 0.05) is 18.0 Å². The molecule has 2 N–H and O–H groups in total. The number of carbonyl (C=O) groups is 1. The van der Waals surface area contributed by atoms with Gasteiger partial charge < -0.3 is 5.32 Å². The Kier molecular flexibility index (Phi) is 3.64. The minimum absolute atomic E-state index is 0.0925. The molecule has 1 saturated heterocycles. The van der Waals surface area contributed by atoms with Gasteiger partial charge in [-0.25, -0.2) is 5.43 Å². The van der Waals surface area contributed by atoms with E-state index < -0.39 is 0 Å². The Bertz CT molecular complexity index is 644. The van der Waals surface area contributed by atoms with E-state index in [0.717, 1.165) is 36.0 Å². The van der Waals surface area contributed by atoms with Gasteiger partial charge in [0.25, 0.3) is 5.91 Å². The Labute approximate surface area is 116 Å². The fraction of sp³-hybridized carbons (Fsp3) is 0.286. The van der Waals surface area contributed by atoms with E-state index >= 15 is 0 Å². The molecule has 102 valence electrons. The van der Waals surface area contributed by atoms with Gasteiger partial charge in [0.2, 0.25) is 0 Å². The van der Waals surface area contributed by atoms with Crippen LogP contribution >= 0.6 is 0 Å². The van der Waals surface area contributed by atoms with Gasteiger partial charge in [-0.15, -0.1) is 0 Å². The van der Waals surface area contributed by atoms with Gasteiger partial charge in [-0.3, -0.25) is 14.8 Å². The van der Waals surface area contributed by atoms with Crippen molar-refractivity contribution < 1.29 is 4.79 Å². The molecular weight excluding hydrogens is 254 g/mol. The first kappa shape index (κ1) is 12.7. The van der Waals surface area contributed by atoms with Crippen molar-refractivity contribution in [3.05, 3.63) is 36.2 Å². The molecule has 0 aliphatic carbocycles. The standard InChI is InChI=1S/C14H15N5O/c20-14(12-5-2-6-15-12)19-18-9-10-3-1-4-11-13(10)17-8-7-16-11/h1,3-4,7-9,12,15H,2,5-6H2,(H,19,20). The Morgan fingerprint density at radius 1 is 1.40 bits per heavy atom. The first-order chi connectivity index (χ1) is 9.84. The zero-order chi connectivity index (χ0) is 13.8. The highest BCUT2D eigenvalue weighted by Crippen LogP contribution is 2.11.